The van der Waals surface area contributed by atoms with Crippen LogP contribution in [-0.4, -0.2) is 24.2 Å². The van der Waals surface area contributed by atoms with E-state index in [0.29, 0.717) is 29.5 Å². The van der Waals surface area contributed by atoms with Crippen molar-refractivity contribution in [3.05, 3.63) is 35.3 Å². The molecule has 3 rings (SSSR count). The lowest BCUT2D eigenvalue weighted by molar-refractivity contribution is 0.0914. The number of fused-ring (bicyclic) bond motifs is 1. The van der Waals surface area contributed by atoms with Gasteiger partial charge in [-0.2, -0.15) is 0 Å². The molecular formula is C16H18FNO3. The van der Waals surface area contributed by atoms with E-state index in [2.05, 4.69) is 5.32 Å². The molecule has 2 N–H and O–H groups in total. The van der Waals surface area contributed by atoms with E-state index >= 15 is 0 Å². The monoisotopic (exact) mass is 291 g/mol. The highest BCUT2D eigenvalue weighted by molar-refractivity contribution is 5.98. The van der Waals surface area contributed by atoms with Crippen molar-refractivity contribution < 1.29 is 18.7 Å². The summed E-state index contributed by atoms with van der Waals surface area (Å²) in [7, 11) is 0. The van der Waals surface area contributed by atoms with Gasteiger partial charge in [-0.05, 0) is 49.8 Å². The number of aliphatic hydroxyl groups excluding tert-OH is 1. The molecule has 112 valence electrons. The van der Waals surface area contributed by atoms with Crippen molar-refractivity contribution in [1.82, 2.24) is 5.32 Å². The van der Waals surface area contributed by atoms with E-state index in [1.54, 1.807) is 6.92 Å². The number of carbonyl (C=O) groups is 1. The first-order valence-electron chi connectivity index (χ1n) is 7.12. The van der Waals surface area contributed by atoms with Gasteiger partial charge in [-0.3, -0.25) is 4.79 Å². The van der Waals surface area contributed by atoms with Gasteiger partial charge < -0.3 is 14.8 Å². The first-order valence-corrected chi connectivity index (χ1v) is 7.12. The van der Waals surface area contributed by atoms with Gasteiger partial charge in [-0.1, -0.05) is 0 Å². The highest BCUT2D eigenvalue weighted by Gasteiger charge is 2.42. The summed E-state index contributed by atoms with van der Waals surface area (Å²) >= 11 is 0. The van der Waals surface area contributed by atoms with Crippen LogP contribution in [0.25, 0.3) is 11.0 Å². The fourth-order valence-corrected chi connectivity index (χ4v) is 2.69. The number of halogens is 1. The van der Waals surface area contributed by atoms with Crippen LogP contribution >= 0.6 is 0 Å². The number of aryl methyl sites for hydroxylation is 1. The molecule has 1 aliphatic rings. The topological polar surface area (TPSA) is 62.5 Å². The predicted molar refractivity (Wildman–Crippen MR) is 76.6 cm³/mol. The summed E-state index contributed by atoms with van der Waals surface area (Å²) in [5, 5.41) is 12.5. The van der Waals surface area contributed by atoms with Crippen molar-refractivity contribution in [2.75, 3.05) is 13.2 Å². The Morgan fingerprint density at radius 2 is 2.24 bits per heavy atom. The summed E-state index contributed by atoms with van der Waals surface area (Å²) < 4.78 is 18.8. The molecule has 4 nitrogen and oxygen atoms in total. The Morgan fingerprint density at radius 3 is 2.90 bits per heavy atom. The minimum absolute atomic E-state index is 0.0520. The van der Waals surface area contributed by atoms with Crippen molar-refractivity contribution in [3.8, 4) is 0 Å². The quantitative estimate of drug-likeness (QED) is 0.890. The molecule has 21 heavy (non-hydrogen) atoms. The summed E-state index contributed by atoms with van der Waals surface area (Å²) in [4.78, 5) is 12.2. The third-order valence-corrected chi connectivity index (χ3v) is 4.33. The molecule has 0 saturated heterocycles. The van der Waals surface area contributed by atoms with Crippen LogP contribution in [0.4, 0.5) is 4.39 Å². The summed E-state index contributed by atoms with van der Waals surface area (Å²) in [6, 6.07) is 4.22. The standard InChI is InChI=1S/C16H18FNO3/c1-10-12-8-11(17)2-3-13(12)21-14(10)15(20)18-9-16(4-5-16)6-7-19/h2-3,8,19H,4-7,9H2,1H3,(H,18,20). The Balaban J connectivity index is 1.77. The first kappa shape index (κ1) is 14.1. The summed E-state index contributed by atoms with van der Waals surface area (Å²) in [5.74, 6) is -0.401. The number of furan rings is 1. The molecule has 1 aromatic carbocycles. The third-order valence-electron chi connectivity index (χ3n) is 4.33. The largest absolute Gasteiger partial charge is 0.451 e. The fourth-order valence-electron chi connectivity index (χ4n) is 2.69. The Bertz CT molecular complexity index is 688. The number of benzene rings is 1. The average Bonchev–Trinajstić information content (AvgIpc) is 3.16. The normalized spacial score (nSPS) is 16.1. The highest BCUT2D eigenvalue weighted by Crippen LogP contribution is 2.47. The van der Waals surface area contributed by atoms with E-state index in [9.17, 15) is 9.18 Å². The summed E-state index contributed by atoms with van der Waals surface area (Å²) in [6.07, 6.45) is 2.76. The Morgan fingerprint density at radius 1 is 1.48 bits per heavy atom. The molecule has 0 bridgehead atoms. The van der Waals surface area contributed by atoms with Crippen LogP contribution in [0.2, 0.25) is 0 Å². The number of hydrogen-bond acceptors (Lipinski definition) is 3. The van der Waals surface area contributed by atoms with Gasteiger partial charge in [0, 0.05) is 24.1 Å². The lowest BCUT2D eigenvalue weighted by atomic mass is 10.0. The van der Waals surface area contributed by atoms with Gasteiger partial charge in [0.15, 0.2) is 5.76 Å². The molecule has 5 heteroatoms. The van der Waals surface area contributed by atoms with Crippen LogP contribution < -0.4 is 5.32 Å². The second-order valence-corrected chi connectivity index (χ2v) is 5.85. The molecule has 0 radical (unpaired) electrons. The number of amides is 1. The molecule has 2 aromatic rings. The second-order valence-electron chi connectivity index (χ2n) is 5.85. The van der Waals surface area contributed by atoms with Gasteiger partial charge in [0.1, 0.15) is 11.4 Å². The van der Waals surface area contributed by atoms with Crippen molar-refractivity contribution >= 4 is 16.9 Å². The number of aliphatic hydroxyl groups is 1. The van der Waals surface area contributed by atoms with E-state index in [1.807, 2.05) is 0 Å². The van der Waals surface area contributed by atoms with Crippen LogP contribution in [0, 0.1) is 18.2 Å². The maximum absolute atomic E-state index is 13.3. The van der Waals surface area contributed by atoms with Crippen LogP contribution in [0.1, 0.15) is 35.4 Å². The van der Waals surface area contributed by atoms with Gasteiger partial charge in [0.2, 0.25) is 0 Å². The fraction of sp³-hybridized carbons (Fsp3) is 0.438. The minimum atomic E-state index is -0.349. The zero-order chi connectivity index (χ0) is 15.0. The molecule has 0 unspecified atom stereocenters. The smallest absolute Gasteiger partial charge is 0.287 e. The molecule has 0 atom stereocenters. The van der Waals surface area contributed by atoms with E-state index in [-0.39, 0.29) is 29.5 Å². The lowest BCUT2D eigenvalue weighted by Gasteiger charge is -2.13. The molecule has 1 saturated carbocycles. The highest BCUT2D eigenvalue weighted by atomic mass is 19.1. The van der Waals surface area contributed by atoms with Gasteiger partial charge in [0.05, 0.1) is 0 Å². The van der Waals surface area contributed by atoms with E-state index in [4.69, 9.17) is 9.52 Å². The van der Waals surface area contributed by atoms with Crippen LogP contribution in [0.5, 0.6) is 0 Å². The Labute approximate surface area is 121 Å². The minimum Gasteiger partial charge on any atom is -0.451 e. The summed E-state index contributed by atoms with van der Waals surface area (Å²) in [5.41, 5.74) is 1.21. The van der Waals surface area contributed by atoms with Gasteiger partial charge in [0.25, 0.3) is 5.91 Å². The summed E-state index contributed by atoms with van der Waals surface area (Å²) in [6.45, 7) is 2.43. The number of nitrogens with one attached hydrogen (secondary N) is 1. The van der Waals surface area contributed by atoms with E-state index in [0.717, 1.165) is 12.8 Å². The maximum atomic E-state index is 13.3. The number of carbonyl (C=O) groups excluding carboxylic acids is 1. The molecule has 1 amide bonds. The predicted octanol–water partition coefficient (Wildman–Crippen LogP) is 2.77. The van der Waals surface area contributed by atoms with Gasteiger partial charge in [-0.15, -0.1) is 0 Å². The maximum Gasteiger partial charge on any atom is 0.287 e. The lowest BCUT2D eigenvalue weighted by Crippen LogP contribution is -2.30. The molecule has 1 heterocycles. The molecule has 0 aliphatic heterocycles. The average molecular weight is 291 g/mol. The second kappa shape index (κ2) is 5.15. The molecule has 0 spiro atoms. The SMILES string of the molecule is Cc1c(C(=O)NCC2(CCO)CC2)oc2ccc(F)cc12. The van der Waals surface area contributed by atoms with Crippen LogP contribution in [-0.2, 0) is 0 Å². The van der Waals surface area contributed by atoms with Crippen LogP contribution in [0.15, 0.2) is 22.6 Å². The van der Waals surface area contributed by atoms with Gasteiger partial charge in [-0.25, -0.2) is 4.39 Å². The van der Waals surface area contributed by atoms with Crippen molar-refractivity contribution in [3.63, 3.8) is 0 Å². The first-order chi connectivity index (χ1) is 10.0. The van der Waals surface area contributed by atoms with E-state index < -0.39 is 0 Å². The third kappa shape index (κ3) is 2.65. The molecule has 1 aromatic heterocycles. The molecule has 1 fully saturated rings. The van der Waals surface area contributed by atoms with E-state index in [1.165, 1.54) is 18.2 Å². The van der Waals surface area contributed by atoms with Crippen LogP contribution in [0.3, 0.4) is 0 Å². The zero-order valence-electron chi connectivity index (χ0n) is 11.9. The molecule has 1 aliphatic carbocycles. The zero-order valence-corrected chi connectivity index (χ0v) is 11.9. The van der Waals surface area contributed by atoms with Gasteiger partial charge >= 0.3 is 0 Å². The van der Waals surface area contributed by atoms with Crippen molar-refractivity contribution in [1.29, 1.82) is 0 Å². The Hall–Kier alpha value is -1.88. The van der Waals surface area contributed by atoms with Crippen molar-refractivity contribution in [2.45, 2.75) is 26.2 Å². The van der Waals surface area contributed by atoms with Crippen molar-refractivity contribution in [2.24, 2.45) is 5.41 Å². The number of hydrogen-bond donors (Lipinski definition) is 2. The number of rotatable bonds is 5. The Kier molecular flexibility index (Phi) is 3.45. The molecular weight excluding hydrogens is 273 g/mol.